The van der Waals surface area contributed by atoms with Gasteiger partial charge in [0.2, 0.25) is 22.1 Å². The van der Waals surface area contributed by atoms with Crippen molar-refractivity contribution in [1.82, 2.24) is 77.7 Å². The number of fused-ring (bicyclic) bond motifs is 3. The predicted octanol–water partition coefficient (Wildman–Crippen LogP) is 12.1. The Morgan fingerprint density at radius 1 is 0.447 bits per heavy atom. The number of hydrogen-bond acceptors (Lipinski definition) is 35. The topological polar surface area (TPSA) is 630 Å². The maximum Gasteiger partial charge on any atom is 0.353 e. The van der Waals surface area contributed by atoms with Gasteiger partial charge < -0.3 is 119 Å². The first kappa shape index (κ1) is 115. The molecule has 8 aromatic rings. The Bertz CT molecular complexity index is 4860. The molecule has 9 heterocycles. The summed E-state index contributed by atoms with van der Waals surface area (Å²) in [6.45, 7) is 14.2. The molecule has 16 N–H and O–H groups in total. The van der Waals surface area contributed by atoms with Gasteiger partial charge in [0.05, 0.1) is 103 Å². The summed E-state index contributed by atoms with van der Waals surface area (Å²) in [4.78, 5) is 105. The smallest absolute Gasteiger partial charge is 0.353 e. The highest BCUT2D eigenvalue weighted by molar-refractivity contribution is 7.58. The molecule has 44 nitrogen and oxygen atoms in total. The minimum absolute atomic E-state index is 0.0304. The lowest BCUT2D eigenvalue weighted by molar-refractivity contribution is 0.00381. The average molecular weight is 1960 g/mol. The van der Waals surface area contributed by atoms with Crippen LogP contribution in [-0.2, 0) is 102 Å². The largest absolute Gasteiger partial charge is 0.394 e. The fourth-order valence-corrected chi connectivity index (χ4v) is 16.9. The third-order valence-electron chi connectivity index (χ3n) is 20.3. The van der Waals surface area contributed by atoms with Gasteiger partial charge in [-0.25, -0.2) is 54.4 Å². The van der Waals surface area contributed by atoms with Gasteiger partial charge in [0.15, 0.2) is 34.4 Å². The molecule has 1 aliphatic heterocycles. The standard InChI is InChI=1S/C28H52N5O5P.C27H50N5O5P.C10H16N5O4P.C9H16N3O5P.C9H14N3O4P/c1-3-4-5-6-7-8-9-10-11-12-13-14-15-16-18-36-19-17-20-38-39(34,35)24-37-25(2)21-33-23-32-26-27(29)30-22-31-28(26)33;1-2-3-4-5-6-7-8-9-10-11-12-13-14-15-18-35-19-16-20-37-38(33,34)24-36-21-17-32-23-31-25-26(28)29-22-30-27(25)32;1-20(17,18)6-19-7(3-16)2-15-5-14-8-9(11)12-4-13-10(8)15;1-18(15,16)6-17-7(5-13)4-12-3-2-8(10)11-9(12)14;1-17(14)6-15-7(5-16-17)4-12-3-2-8(10)11-9(12)13/h22-23,25H,3-21,24H2,1-2H3,(H,34,35)(H2,29,30,31);22-23H,2-21,24H2,1H3,(H,33,34)(H2,28,29,30);4-5,7,16H,2-3,6H2,1H3,(H,17,18)(H2,11,12,13);2-3,7,13H,4-6H2,1H3,(H,15,16)(H2,10,11,14);2-3,7H,4-6H2,1H3,(H2,10,11,13)/t25-;;2*7-;7-,17?/m1.000/s1. The first-order chi connectivity index (χ1) is 63.1. The van der Waals surface area contributed by atoms with Crippen LogP contribution < -0.4 is 40.0 Å². The van der Waals surface area contributed by atoms with E-state index < -0.39 is 60.9 Å². The molecule has 49 heteroatoms. The molecular formula is C83H148N21O23P5. The lowest BCUT2D eigenvalue weighted by atomic mass is 10.0. The van der Waals surface area contributed by atoms with Crippen LogP contribution in [0.15, 0.2) is 72.1 Å². The number of nitrogen functional groups attached to an aromatic ring is 5. The summed E-state index contributed by atoms with van der Waals surface area (Å²) in [6, 6.07) is 2.97. The van der Waals surface area contributed by atoms with E-state index >= 15 is 0 Å². The highest BCUT2D eigenvalue weighted by Gasteiger charge is 2.29. The fraction of sp³-hybridized carbons (Fsp3) is 0.723. The molecule has 9 atom stereocenters. The second kappa shape index (κ2) is 64.8. The molecular weight excluding hydrogens is 1810 g/mol. The first-order valence-electron chi connectivity index (χ1n) is 45.7. The molecule has 1 aliphatic rings. The van der Waals surface area contributed by atoms with E-state index in [2.05, 4.69) is 68.7 Å². The molecule has 1 saturated heterocycles. The van der Waals surface area contributed by atoms with Crippen LogP contribution in [-0.4, -0.2) is 250 Å². The van der Waals surface area contributed by atoms with Gasteiger partial charge in [0.25, 0.3) is 0 Å². The summed E-state index contributed by atoms with van der Waals surface area (Å²) in [5.74, 6) is 1.18. The van der Waals surface area contributed by atoms with E-state index in [-0.39, 0.29) is 114 Å². The lowest BCUT2D eigenvalue weighted by Crippen LogP contribution is -2.34. The van der Waals surface area contributed by atoms with Crippen LogP contribution in [0.5, 0.6) is 0 Å². The zero-order valence-corrected chi connectivity index (χ0v) is 82.3. The third-order valence-corrected chi connectivity index (χ3v) is 25.0. The Labute approximate surface area is 773 Å². The first-order valence-corrected chi connectivity index (χ1v) is 56.0. The van der Waals surface area contributed by atoms with Gasteiger partial charge in [-0.2, -0.15) is 9.97 Å². The van der Waals surface area contributed by atoms with Gasteiger partial charge in [-0.3, -0.25) is 32.0 Å². The molecule has 1 fully saturated rings. The van der Waals surface area contributed by atoms with Crippen molar-refractivity contribution >= 4 is 99.9 Å². The number of hydrogen-bond donors (Lipinski definition) is 11. The second-order valence-corrected chi connectivity index (χ2v) is 43.7. The molecule has 748 valence electrons. The van der Waals surface area contributed by atoms with E-state index in [4.69, 9.17) is 85.4 Å². The Morgan fingerprint density at radius 3 is 1.20 bits per heavy atom. The van der Waals surface area contributed by atoms with Crippen LogP contribution in [0.4, 0.5) is 29.1 Å². The highest BCUT2D eigenvalue weighted by atomic mass is 31.2. The molecule has 0 spiro atoms. The molecule has 132 heavy (non-hydrogen) atoms. The van der Waals surface area contributed by atoms with Crippen LogP contribution in [0.3, 0.4) is 0 Å². The summed E-state index contributed by atoms with van der Waals surface area (Å²) in [5.41, 5.74) is 30.2. The van der Waals surface area contributed by atoms with Crippen molar-refractivity contribution in [3.8, 4) is 0 Å². The SMILES string of the molecule is CCCCCCCCCCCCCCCCOCCCOP(=O)(O)COCCn1cnc2c(N)ncnc21.CCCCCCCCCCCCCCCCOCCCOP(=O)(O)CO[C@H](C)Cn1cnc2c(N)ncnc21.CP(=O)(O)CO[C@H](CO)Cn1ccc(N)nc1=O.CP(=O)(O)CO[C@H](CO)Cn1cnc2c(N)ncnc21.CP1(=O)CO[C@@H](Cn2ccc(N)nc2=O)CO1. The van der Waals surface area contributed by atoms with Crippen LogP contribution in [0.2, 0.25) is 0 Å². The van der Waals surface area contributed by atoms with Gasteiger partial charge >= 0.3 is 26.6 Å². The molecule has 0 aliphatic carbocycles. The van der Waals surface area contributed by atoms with Gasteiger partial charge in [-0.05, 0) is 44.7 Å². The van der Waals surface area contributed by atoms with Crippen LogP contribution in [0.25, 0.3) is 33.5 Å². The van der Waals surface area contributed by atoms with Crippen LogP contribution in [0, 0.1) is 0 Å². The van der Waals surface area contributed by atoms with Crippen LogP contribution >= 0.6 is 37.3 Å². The van der Waals surface area contributed by atoms with Crippen molar-refractivity contribution in [3.63, 3.8) is 0 Å². The van der Waals surface area contributed by atoms with Gasteiger partial charge in [-0.15, -0.1) is 0 Å². The number of aromatic nitrogens is 16. The number of rotatable bonds is 64. The number of nitrogens with zero attached hydrogens (tertiary/aromatic N) is 16. The fourth-order valence-electron chi connectivity index (χ4n) is 13.1. The van der Waals surface area contributed by atoms with Crippen molar-refractivity contribution in [2.24, 2.45) is 0 Å². The molecule has 9 rings (SSSR count). The van der Waals surface area contributed by atoms with E-state index in [1.807, 2.05) is 6.92 Å². The van der Waals surface area contributed by atoms with Crippen LogP contribution in [0.1, 0.15) is 213 Å². The third kappa shape index (κ3) is 50.7. The van der Waals surface area contributed by atoms with Crippen molar-refractivity contribution in [2.75, 3.05) is 146 Å². The number of anilines is 5. The zero-order valence-electron chi connectivity index (χ0n) is 77.8. The monoisotopic (exact) mass is 1960 g/mol. The van der Waals surface area contributed by atoms with Gasteiger partial charge in [0, 0.05) is 65.4 Å². The summed E-state index contributed by atoms with van der Waals surface area (Å²) < 4.78 is 119. The van der Waals surface area contributed by atoms with Crippen molar-refractivity contribution < 1.29 is 99.3 Å². The van der Waals surface area contributed by atoms with Crippen molar-refractivity contribution in [1.29, 1.82) is 0 Å². The van der Waals surface area contributed by atoms with E-state index in [0.29, 0.717) is 90.8 Å². The molecule has 0 saturated carbocycles. The number of aliphatic hydroxyl groups is 2. The highest BCUT2D eigenvalue weighted by Crippen LogP contribution is 2.46. The summed E-state index contributed by atoms with van der Waals surface area (Å²) in [5, 5.41) is 18.3. The summed E-state index contributed by atoms with van der Waals surface area (Å²) in [7, 11) is -16.8. The second-order valence-electron chi connectivity index (χ2n) is 32.8. The number of ether oxygens (including phenoxy) is 7. The minimum Gasteiger partial charge on any atom is -0.394 e. The summed E-state index contributed by atoms with van der Waals surface area (Å²) in [6.07, 6.45) is 47.0. The number of aliphatic hydroxyl groups excluding tert-OH is 2. The van der Waals surface area contributed by atoms with E-state index in [1.165, 1.54) is 233 Å². The predicted molar refractivity (Wildman–Crippen MR) is 509 cm³/mol. The Kier molecular flexibility index (Phi) is 56.7. The maximum absolute atomic E-state index is 12.3. The lowest BCUT2D eigenvalue weighted by Gasteiger charge is -2.27. The van der Waals surface area contributed by atoms with Crippen molar-refractivity contribution in [2.45, 2.75) is 271 Å². The van der Waals surface area contributed by atoms with E-state index in [1.54, 1.807) is 32.6 Å². The average Bonchev–Trinajstić information content (AvgIpc) is 1.67. The Hall–Kier alpha value is -7.08. The number of imidazole rings is 3. The molecule has 0 radical (unpaired) electrons. The van der Waals surface area contributed by atoms with Crippen molar-refractivity contribution in [3.05, 3.63) is 83.5 Å². The number of nitrogens with two attached hydrogens (primary N) is 5. The molecule has 8 aromatic heterocycles. The maximum atomic E-state index is 12.3. The molecule has 0 amide bonds. The molecule has 0 bridgehead atoms. The van der Waals surface area contributed by atoms with E-state index in [9.17, 15) is 52.2 Å². The number of unbranched alkanes of at least 4 members (excludes halogenated alkanes) is 26. The Balaban J connectivity index is 0.000000305. The van der Waals surface area contributed by atoms with E-state index in [0.717, 1.165) is 32.7 Å². The van der Waals surface area contributed by atoms with Gasteiger partial charge in [-0.1, -0.05) is 181 Å². The van der Waals surface area contributed by atoms with Gasteiger partial charge in [0.1, 0.15) is 85.0 Å². The zero-order chi connectivity index (χ0) is 96.5. The quantitative estimate of drug-likeness (QED) is 0.0125. The Morgan fingerprint density at radius 2 is 0.811 bits per heavy atom. The molecule has 0 aromatic carbocycles. The minimum atomic E-state index is -3.83. The summed E-state index contributed by atoms with van der Waals surface area (Å²) >= 11 is 0. The normalized spacial score (nSPS) is 16.4. The molecule has 5 unspecified atom stereocenters.